The Morgan fingerprint density at radius 3 is 2.94 bits per heavy atom. The molecule has 2 N–H and O–H groups in total. The van der Waals surface area contributed by atoms with E-state index in [1.165, 1.54) is 18.5 Å². The van der Waals surface area contributed by atoms with E-state index >= 15 is 0 Å². The summed E-state index contributed by atoms with van der Waals surface area (Å²) in [6.45, 7) is 3.82. The Bertz CT molecular complexity index is 597. The molecule has 0 unspecified atom stereocenters. The van der Waals surface area contributed by atoms with Crippen LogP contribution in [0.15, 0.2) is 10.2 Å². The number of rotatable bonds is 4. The van der Waals surface area contributed by atoms with Gasteiger partial charge in [-0.25, -0.2) is 0 Å². The molecular formula is C10H11N3O2S2. The maximum atomic E-state index is 11.4. The summed E-state index contributed by atoms with van der Waals surface area (Å²) in [4.78, 5) is 25.0. The first kappa shape index (κ1) is 12.0. The summed E-state index contributed by atoms with van der Waals surface area (Å²) in [5.41, 5.74) is 2.18. The van der Waals surface area contributed by atoms with E-state index in [9.17, 15) is 9.59 Å². The van der Waals surface area contributed by atoms with Crippen LogP contribution in [0.5, 0.6) is 0 Å². The van der Waals surface area contributed by atoms with E-state index in [0.717, 1.165) is 27.7 Å². The van der Waals surface area contributed by atoms with Crippen molar-refractivity contribution in [3.05, 3.63) is 32.0 Å². The van der Waals surface area contributed by atoms with E-state index in [2.05, 4.69) is 14.7 Å². The van der Waals surface area contributed by atoms with Gasteiger partial charge in [-0.3, -0.25) is 9.59 Å². The summed E-state index contributed by atoms with van der Waals surface area (Å²) in [5, 5.41) is 5.63. The number of carbonyl (C=O) groups excluding carboxylic acids is 1. The fourth-order valence-electron chi connectivity index (χ4n) is 1.48. The number of H-pyrrole nitrogens is 1. The van der Waals surface area contributed by atoms with Crippen molar-refractivity contribution in [3.8, 4) is 0 Å². The number of aromatic amines is 1. The number of anilines is 1. The van der Waals surface area contributed by atoms with Crippen molar-refractivity contribution in [1.82, 2.24) is 9.36 Å². The molecule has 0 fully saturated rings. The Labute approximate surface area is 106 Å². The fourth-order valence-corrected chi connectivity index (χ4v) is 2.90. The number of hydrogen-bond acceptors (Lipinski definition) is 6. The van der Waals surface area contributed by atoms with Gasteiger partial charge in [0.25, 0.3) is 0 Å². The zero-order chi connectivity index (χ0) is 12.4. The smallest absolute Gasteiger partial charge is 0.304 e. The van der Waals surface area contributed by atoms with Gasteiger partial charge in [-0.2, -0.15) is 4.37 Å². The van der Waals surface area contributed by atoms with Crippen LogP contribution in [0.1, 0.15) is 28.7 Å². The third-order valence-electron chi connectivity index (χ3n) is 2.23. The minimum absolute atomic E-state index is 0.00226. The molecule has 90 valence electrons. The Hall–Kier alpha value is -1.47. The first-order valence-electron chi connectivity index (χ1n) is 4.95. The fraction of sp³-hybridized carbons (Fsp3) is 0.300. The summed E-state index contributed by atoms with van der Waals surface area (Å²) in [6, 6.07) is 0. The molecule has 0 radical (unpaired) electrons. The minimum atomic E-state index is -0.0749. The molecule has 2 aromatic heterocycles. The highest BCUT2D eigenvalue weighted by atomic mass is 32.1. The number of nitrogens with zero attached hydrogens (tertiary/aromatic N) is 1. The Balaban J connectivity index is 2.14. The molecule has 5 nitrogen and oxygen atoms in total. The van der Waals surface area contributed by atoms with Gasteiger partial charge in [-0.15, -0.1) is 0 Å². The van der Waals surface area contributed by atoms with Gasteiger partial charge in [-0.05, 0) is 25.4 Å². The third-order valence-corrected chi connectivity index (χ3v) is 3.84. The van der Waals surface area contributed by atoms with Crippen LogP contribution in [0, 0.1) is 6.92 Å². The zero-order valence-corrected chi connectivity index (χ0v) is 11.0. The Morgan fingerprint density at radius 2 is 2.35 bits per heavy atom. The third kappa shape index (κ3) is 2.62. The number of hydrogen-bond donors (Lipinski definition) is 2. The van der Waals surface area contributed by atoms with E-state index in [-0.39, 0.29) is 10.7 Å². The van der Waals surface area contributed by atoms with E-state index in [4.69, 9.17) is 0 Å². The van der Waals surface area contributed by atoms with Crippen molar-refractivity contribution < 1.29 is 4.79 Å². The van der Waals surface area contributed by atoms with Crippen LogP contribution < -0.4 is 10.2 Å². The summed E-state index contributed by atoms with van der Waals surface area (Å²) in [6.07, 6.45) is 0. The van der Waals surface area contributed by atoms with Gasteiger partial charge in [0.15, 0.2) is 5.78 Å². The lowest BCUT2D eigenvalue weighted by Crippen LogP contribution is -2.05. The lowest BCUT2D eigenvalue weighted by molar-refractivity contribution is 0.101. The maximum Gasteiger partial charge on any atom is 0.304 e. The van der Waals surface area contributed by atoms with E-state index in [1.807, 2.05) is 6.92 Å². The monoisotopic (exact) mass is 269 g/mol. The normalized spacial score (nSPS) is 10.5. The van der Waals surface area contributed by atoms with Crippen LogP contribution in [-0.4, -0.2) is 15.1 Å². The van der Waals surface area contributed by atoms with Crippen molar-refractivity contribution in [2.24, 2.45) is 0 Å². The summed E-state index contributed by atoms with van der Waals surface area (Å²) < 4.78 is 4.14. The number of aromatic nitrogens is 2. The van der Waals surface area contributed by atoms with Crippen LogP contribution in [0.25, 0.3) is 0 Å². The number of Topliss-reactive ketones (excluding diaryl/α,β-unsaturated/α-hetero) is 1. The molecule has 0 saturated carbocycles. The molecule has 0 aliphatic heterocycles. The van der Waals surface area contributed by atoms with E-state index in [0.29, 0.717) is 12.1 Å². The second-order valence-corrected chi connectivity index (χ2v) is 5.17. The Kier molecular flexibility index (Phi) is 3.39. The van der Waals surface area contributed by atoms with Gasteiger partial charge in [0.2, 0.25) is 0 Å². The molecular weight excluding hydrogens is 258 g/mol. The molecule has 0 aliphatic carbocycles. The quantitative estimate of drug-likeness (QED) is 0.833. The van der Waals surface area contributed by atoms with Crippen molar-refractivity contribution in [1.29, 1.82) is 0 Å². The summed E-state index contributed by atoms with van der Waals surface area (Å²) in [5.74, 6) is -0.00226. The summed E-state index contributed by atoms with van der Waals surface area (Å²) in [7, 11) is 0. The molecule has 17 heavy (non-hydrogen) atoms. The SMILES string of the molecule is CC(=O)c1c(C)nsc1NCc1csc(=O)[nH]1. The molecule has 0 bridgehead atoms. The summed E-state index contributed by atoms with van der Waals surface area (Å²) >= 11 is 2.38. The van der Waals surface area contributed by atoms with Gasteiger partial charge in [0.05, 0.1) is 17.8 Å². The highest BCUT2D eigenvalue weighted by molar-refractivity contribution is 7.10. The second-order valence-electron chi connectivity index (χ2n) is 3.56. The zero-order valence-electron chi connectivity index (χ0n) is 9.36. The van der Waals surface area contributed by atoms with Crippen LogP contribution in [-0.2, 0) is 6.54 Å². The average molecular weight is 269 g/mol. The van der Waals surface area contributed by atoms with Gasteiger partial charge in [0, 0.05) is 11.1 Å². The van der Waals surface area contributed by atoms with Crippen molar-refractivity contribution in [3.63, 3.8) is 0 Å². The molecule has 2 aromatic rings. The predicted octanol–water partition coefficient (Wildman–Crippen LogP) is 2.02. The molecule has 0 amide bonds. The molecule has 0 atom stereocenters. The van der Waals surface area contributed by atoms with Crippen LogP contribution >= 0.6 is 22.9 Å². The standard InChI is InChI=1S/C10H11N3O2S2/c1-5-8(6(2)14)9(17-13-5)11-3-7-4-16-10(15)12-7/h4,11H,3H2,1-2H3,(H,12,15). The molecule has 2 rings (SSSR count). The number of nitrogens with one attached hydrogen (secondary N) is 2. The molecule has 0 spiro atoms. The van der Waals surface area contributed by atoms with Crippen LogP contribution in [0.3, 0.4) is 0 Å². The highest BCUT2D eigenvalue weighted by Gasteiger charge is 2.14. The number of aryl methyl sites for hydroxylation is 1. The van der Waals surface area contributed by atoms with Gasteiger partial charge in [-0.1, -0.05) is 11.3 Å². The van der Waals surface area contributed by atoms with Gasteiger partial charge < -0.3 is 10.3 Å². The largest absolute Gasteiger partial charge is 0.369 e. The molecule has 0 aliphatic rings. The molecule has 0 saturated heterocycles. The lowest BCUT2D eigenvalue weighted by atomic mass is 10.2. The first-order valence-corrected chi connectivity index (χ1v) is 6.61. The van der Waals surface area contributed by atoms with Gasteiger partial charge in [0.1, 0.15) is 5.00 Å². The van der Waals surface area contributed by atoms with Crippen LogP contribution in [0.4, 0.5) is 5.00 Å². The van der Waals surface area contributed by atoms with Crippen molar-refractivity contribution >= 4 is 33.7 Å². The topological polar surface area (TPSA) is 74.8 Å². The molecule has 7 heteroatoms. The predicted molar refractivity (Wildman–Crippen MR) is 69.1 cm³/mol. The van der Waals surface area contributed by atoms with Gasteiger partial charge >= 0.3 is 4.87 Å². The van der Waals surface area contributed by atoms with E-state index < -0.39 is 0 Å². The lowest BCUT2D eigenvalue weighted by Gasteiger charge is -2.03. The number of ketones is 1. The average Bonchev–Trinajstić information content (AvgIpc) is 2.82. The maximum absolute atomic E-state index is 11.4. The second kappa shape index (κ2) is 4.80. The Morgan fingerprint density at radius 1 is 1.59 bits per heavy atom. The number of carbonyl (C=O) groups is 1. The minimum Gasteiger partial charge on any atom is -0.369 e. The first-order chi connectivity index (χ1) is 8.08. The number of thiazole rings is 1. The van der Waals surface area contributed by atoms with Crippen molar-refractivity contribution in [2.75, 3.05) is 5.32 Å². The molecule has 0 aromatic carbocycles. The highest BCUT2D eigenvalue weighted by Crippen LogP contribution is 2.25. The van der Waals surface area contributed by atoms with Crippen molar-refractivity contribution in [2.45, 2.75) is 20.4 Å². The van der Waals surface area contributed by atoms with E-state index in [1.54, 1.807) is 5.38 Å². The van der Waals surface area contributed by atoms with Crippen LogP contribution in [0.2, 0.25) is 0 Å². The molecule has 2 heterocycles.